The van der Waals surface area contributed by atoms with E-state index in [2.05, 4.69) is 15.3 Å². The van der Waals surface area contributed by atoms with Crippen molar-refractivity contribution in [2.45, 2.75) is 13.3 Å². The molecule has 0 saturated heterocycles. The molecule has 3 rings (SSSR count). The van der Waals surface area contributed by atoms with Crippen LogP contribution in [0.5, 0.6) is 0 Å². The van der Waals surface area contributed by atoms with Gasteiger partial charge in [-0.1, -0.05) is 17.3 Å². The molecule has 0 aliphatic heterocycles. The molecule has 20 heavy (non-hydrogen) atoms. The summed E-state index contributed by atoms with van der Waals surface area (Å²) in [5.41, 5.74) is 2.08. The van der Waals surface area contributed by atoms with Crippen LogP contribution in [-0.4, -0.2) is 31.1 Å². The van der Waals surface area contributed by atoms with Gasteiger partial charge in [0.25, 0.3) is 0 Å². The molecule has 2 aromatic heterocycles. The van der Waals surface area contributed by atoms with Crippen molar-refractivity contribution < 1.29 is 9.90 Å². The summed E-state index contributed by atoms with van der Waals surface area (Å²) < 4.78 is 1.67. The third-order valence-electron chi connectivity index (χ3n) is 3.19. The minimum atomic E-state index is -0.915. The maximum absolute atomic E-state index is 10.8. The Morgan fingerprint density at radius 2 is 2.20 bits per heavy atom. The quantitative estimate of drug-likeness (QED) is 0.782. The van der Waals surface area contributed by atoms with E-state index in [-0.39, 0.29) is 6.42 Å². The van der Waals surface area contributed by atoms with Crippen LogP contribution in [0.15, 0.2) is 36.7 Å². The normalized spacial score (nSPS) is 10.8. The van der Waals surface area contributed by atoms with Gasteiger partial charge in [0.1, 0.15) is 0 Å². The Kier molecular flexibility index (Phi) is 2.90. The number of rotatable bonds is 3. The highest BCUT2D eigenvalue weighted by Crippen LogP contribution is 2.22. The highest BCUT2D eigenvalue weighted by molar-refractivity contribution is 5.89. The Labute approximate surface area is 114 Å². The standard InChI is InChI=1S/C14H12N4O2/c1-9-12(7-14(19)20)16-17-18(9)13-4-2-3-10-8-15-6-5-11(10)13/h2-6,8H,7H2,1H3,(H,19,20). The van der Waals surface area contributed by atoms with E-state index >= 15 is 0 Å². The topological polar surface area (TPSA) is 80.9 Å². The van der Waals surface area contributed by atoms with E-state index in [1.807, 2.05) is 31.2 Å². The molecule has 0 saturated carbocycles. The smallest absolute Gasteiger partial charge is 0.309 e. The third-order valence-corrected chi connectivity index (χ3v) is 3.19. The molecular formula is C14H12N4O2. The molecule has 6 heteroatoms. The summed E-state index contributed by atoms with van der Waals surface area (Å²) in [4.78, 5) is 14.9. The zero-order valence-electron chi connectivity index (χ0n) is 10.8. The molecule has 100 valence electrons. The van der Waals surface area contributed by atoms with Crippen LogP contribution < -0.4 is 0 Å². The highest BCUT2D eigenvalue weighted by atomic mass is 16.4. The van der Waals surface area contributed by atoms with Gasteiger partial charge < -0.3 is 5.11 Å². The molecule has 6 nitrogen and oxygen atoms in total. The van der Waals surface area contributed by atoms with E-state index in [0.29, 0.717) is 5.69 Å². The van der Waals surface area contributed by atoms with Gasteiger partial charge in [0.2, 0.25) is 0 Å². The molecule has 0 aliphatic carbocycles. The summed E-state index contributed by atoms with van der Waals surface area (Å²) in [5.74, 6) is -0.915. The number of nitrogens with zero attached hydrogens (tertiary/aromatic N) is 4. The summed E-state index contributed by atoms with van der Waals surface area (Å²) in [6.45, 7) is 1.82. The summed E-state index contributed by atoms with van der Waals surface area (Å²) >= 11 is 0. The SMILES string of the molecule is Cc1c(CC(=O)O)nnn1-c1cccc2cnccc12. The molecule has 0 radical (unpaired) electrons. The Morgan fingerprint density at radius 3 is 3.00 bits per heavy atom. The van der Waals surface area contributed by atoms with Crippen LogP contribution in [0.3, 0.4) is 0 Å². The number of pyridine rings is 1. The Balaban J connectivity index is 2.17. The number of aliphatic carboxylic acids is 1. The zero-order chi connectivity index (χ0) is 14.1. The van der Waals surface area contributed by atoms with Crippen LogP contribution >= 0.6 is 0 Å². The predicted molar refractivity (Wildman–Crippen MR) is 72.7 cm³/mol. The van der Waals surface area contributed by atoms with E-state index in [1.165, 1.54) is 0 Å². The van der Waals surface area contributed by atoms with Crippen molar-refractivity contribution in [1.82, 2.24) is 20.0 Å². The Bertz CT molecular complexity index is 789. The number of carbonyl (C=O) groups is 1. The van der Waals surface area contributed by atoms with Gasteiger partial charge in [-0.2, -0.15) is 0 Å². The first-order chi connectivity index (χ1) is 9.66. The lowest BCUT2D eigenvalue weighted by Crippen LogP contribution is -2.04. The van der Waals surface area contributed by atoms with Crippen molar-refractivity contribution in [3.8, 4) is 5.69 Å². The van der Waals surface area contributed by atoms with Crippen LogP contribution in [0.25, 0.3) is 16.5 Å². The number of carboxylic acid groups (broad SMARTS) is 1. The van der Waals surface area contributed by atoms with Crippen LogP contribution in [-0.2, 0) is 11.2 Å². The number of hydrogen-bond acceptors (Lipinski definition) is 4. The number of aromatic nitrogens is 4. The number of fused-ring (bicyclic) bond motifs is 1. The molecule has 0 aliphatic rings. The van der Waals surface area contributed by atoms with Gasteiger partial charge in [0, 0.05) is 23.2 Å². The average molecular weight is 268 g/mol. The lowest BCUT2D eigenvalue weighted by Gasteiger charge is -2.07. The van der Waals surface area contributed by atoms with Crippen molar-refractivity contribution in [2.24, 2.45) is 0 Å². The lowest BCUT2D eigenvalue weighted by atomic mass is 10.1. The zero-order valence-corrected chi connectivity index (χ0v) is 10.8. The number of benzene rings is 1. The lowest BCUT2D eigenvalue weighted by molar-refractivity contribution is -0.136. The van der Waals surface area contributed by atoms with Crippen LogP contribution in [0.1, 0.15) is 11.4 Å². The van der Waals surface area contributed by atoms with Crippen molar-refractivity contribution in [3.05, 3.63) is 48.0 Å². The maximum Gasteiger partial charge on any atom is 0.309 e. The van der Waals surface area contributed by atoms with Gasteiger partial charge in [0.05, 0.1) is 23.5 Å². The summed E-state index contributed by atoms with van der Waals surface area (Å²) in [5, 5.41) is 18.9. The fraction of sp³-hybridized carbons (Fsp3) is 0.143. The van der Waals surface area contributed by atoms with Gasteiger partial charge in [0.15, 0.2) is 0 Å². The third kappa shape index (κ3) is 2.01. The Hall–Kier alpha value is -2.76. The molecule has 1 aromatic carbocycles. The van der Waals surface area contributed by atoms with E-state index in [4.69, 9.17) is 5.11 Å². The molecular weight excluding hydrogens is 256 g/mol. The summed E-state index contributed by atoms with van der Waals surface area (Å²) in [6.07, 6.45) is 3.37. The first kappa shape index (κ1) is 12.3. The monoisotopic (exact) mass is 268 g/mol. The molecule has 0 atom stereocenters. The van der Waals surface area contributed by atoms with E-state index in [9.17, 15) is 4.79 Å². The minimum absolute atomic E-state index is 0.127. The maximum atomic E-state index is 10.8. The second-order valence-electron chi connectivity index (χ2n) is 4.48. The van der Waals surface area contributed by atoms with Crippen LogP contribution in [0.2, 0.25) is 0 Å². The van der Waals surface area contributed by atoms with E-state index < -0.39 is 5.97 Å². The molecule has 0 spiro atoms. The second-order valence-corrected chi connectivity index (χ2v) is 4.48. The Morgan fingerprint density at radius 1 is 1.35 bits per heavy atom. The fourth-order valence-corrected chi connectivity index (χ4v) is 2.19. The summed E-state index contributed by atoms with van der Waals surface area (Å²) in [6, 6.07) is 7.71. The van der Waals surface area contributed by atoms with Crippen molar-refractivity contribution >= 4 is 16.7 Å². The van der Waals surface area contributed by atoms with Gasteiger partial charge in [-0.25, -0.2) is 4.68 Å². The molecule has 0 bridgehead atoms. The highest BCUT2D eigenvalue weighted by Gasteiger charge is 2.14. The first-order valence-corrected chi connectivity index (χ1v) is 6.13. The molecule has 0 amide bonds. The second kappa shape index (κ2) is 4.73. The summed E-state index contributed by atoms with van der Waals surface area (Å²) in [7, 11) is 0. The van der Waals surface area contributed by atoms with E-state index in [1.54, 1.807) is 17.1 Å². The van der Waals surface area contributed by atoms with Crippen LogP contribution in [0, 0.1) is 6.92 Å². The van der Waals surface area contributed by atoms with Crippen molar-refractivity contribution in [1.29, 1.82) is 0 Å². The fourth-order valence-electron chi connectivity index (χ4n) is 2.19. The predicted octanol–water partition coefficient (Wildman–Crippen LogP) is 1.75. The van der Waals surface area contributed by atoms with Crippen LogP contribution in [0.4, 0.5) is 0 Å². The largest absolute Gasteiger partial charge is 0.481 e. The first-order valence-electron chi connectivity index (χ1n) is 6.13. The number of hydrogen-bond donors (Lipinski definition) is 1. The molecule has 0 fully saturated rings. The molecule has 0 unspecified atom stereocenters. The van der Waals surface area contributed by atoms with Gasteiger partial charge >= 0.3 is 5.97 Å². The van der Waals surface area contributed by atoms with Gasteiger partial charge in [-0.05, 0) is 19.1 Å². The molecule has 2 heterocycles. The van der Waals surface area contributed by atoms with E-state index in [0.717, 1.165) is 22.2 Å². The number of carboxylic acids is 1. The molecule has 3 aromatic rings. The average Bonchev–Trinajstić information content (AvgIpc) is 2.79. The van der Waals surface area contributed by atoms with Gasteiger partial charge in [-0.3, -0.25) is 9.78 Å². The van der Waals surface area contributed by atoms with Crippen molar-refractivity contribution in [2.75, 3.05) is 0 Å². The van der Waals surface area contributed by atoms with Gasteiger partial charge in [-0.15, -0.1) is 5.10 Å². The minimum Gasteiger partial charge on any atom is -0.481 e. The van der Waals surface area contributed by atoms with Crippen molar-refractivity contribution in [3.63, 3.8) is 0 Å². The molecule has 1 N–H and O–H groups in total.